The highest BCUT2D eigenvalue weighted by Crippen LogP contribution is 2.49. The van der Waals surface area contributed by atoms with Gasteiger partial charge in [-0.05, 0) is 37.0 Å². The molecule has 4 nitrogen and oxygen atoms in total. The van der Waals surface area contributed by atoms with E-state index < -0.39 is 0 Å². The molecule has 0 radical (unpaired) electrons. The molecule has 2 saturated carbocycles. The fourth-order valence-electron chi connectivity index (χ4n) is 4.36. The molecule has 3 rings (SSSR count). The summed E-state index contributed by atoms with van der Waals surface area (Å²) < 4.78 is 0. The molecule has 0 aromatic heterocycles. The summed E-state index contributed by atoms with van der Waals surface area (Å²) in [5.74, 6) is 2.83. The molecule has 2 aliphatic carbocycles. The van der Waals surface area contributed by atoms with Crippen LogP contribution in [-0.2, 0) is 4.79 Å². The number of hydrogen-bond acceptors (Lipinski definition) is 3. The maximum absolute atomic E-state index is 12.4. The summed E-state index contributed by atoms with van der Waals surface area (Å²) in [7, 11) is 0. The molecular weight excluding hydrogens is 270 g/mol. The number of carbonyl (C=O) groups is 1. The van der Waals surface area contributed by atoms with Gasteiger partial charge in [-0.1, -0.05) is 18.6 Å². The van der Waals surface area contributed by atoms with Crippen molar-refractivity contribution in [2.45, 2.75) is 32.1 Å². The summed E-state index contributed by atoms with van der Waals surface area (Å²) in [6.45, 7) is 4.16. The van der Waals surface area contributed by atoms with Crippen LogP contribution in [0.5, 0.6) is 0 Å². The number of thiocarbonyl (C=S) groups is 1. The molecule has 1 heterocycles. The molecule has 3 fully saturated rings. The lowest BCUT2D eigenvalue weighted by Crippen LogP contribution is -2.50. The lowest BCUT2D eigenvalue weighted by atomic mass is 9.86. The van der Waals surface area contributed by atoms with Crippen LogP contribution in [0, 0.1) is 17.8 Å². The first-order chi connectivity index (χ1) is 9.61. The highest BCUT2D eigenvalue weighted by molar-refractivity contribution is 7.80. The smallest absolute Gasteiger partial charge is 0.222 e. The lowest BCUT2D eigenvalue weighted by Gasteiger charge is -2.35. The minimum atomic E-state index is 0.373. The molecule has 3 unspecified atom stereocenters. The van der Waals surface area contributed by atoms with Crippen molar-refractivity contribution in [3.05, 3.63) is 0 Å². The van der Waals surface area contributed by atoms with Gasteiger partial charge < -0.3 is 10.6 Å². The minimum absolute atomic E-state index is 0.373. The summed E-state index contributed by atoms with van der Waals surface area (Å²) in [5.41, 5.74) is 5.57. The molecule has 0 spiro atoms. The van der Waals surface area contributed by atoms with Crippen molar-refractivity contribution in [1.82, 2.24) is 9.80 Å². The van der Waals surface area contributed by atoms with Crippen molar-refractivity contribution in [1.29, 1.82) is 0 Å². The van der Waals surface area contributed by atoms with Gasteiger partial charge in [-0.25, -0.2) is 0 Å². The summed E-state index contributed by atoms with van der Waals surface area (Å²) in [4.78, 5) is 17.2. The number of amides is 1. The first kappa shape index (κ1) is 14.3. The maximum Gasteiger partial charge on any atom is 0.222 e. The molecule has 5 heteroatoms. The van der Waals surface area contributed by atoms with Crippen molar-refractivity contribution >= 4 is 23.1 Å². The second kappa shape index (κ2) is 5.98. The van der Waals surface area contributed by atoms with Gasteiger partial charge in [0.05, 0.1) is 4.99 Å². The van der Waals surface area contributed by atoms with E-state index in [1.165, 1.54) is 25.7 Å². The first-order valence-electron chi connectivity index (χ1n) is 7.90. The summed E-state index contributed by atoms with van der Waals surface area (Å²) >= 11 is 4.94. The van der Waals surface area contributed by atoms with E-state index in [1.807, 2.05) is 4.90 Å². The predicted molar refractivity (Wildman–Crippen MR) is 83.4 cm³/mol. The highest BCUT2D eigenvalue weighted by Gasteiger charge is 2.40. The molecule has 0 aromatic carbocycles. The molecule has 1 aliphatic heterocycles. The fraction of sp³-hybridized carbons (Fsp3) is 0.867. The Labute approximate surface area is 126 Å². The second-order valence-corrected chi connectivity index (χ2v) is 7.29. The van der Waals surface area contributed by atoms with Gasteiger partial charge in [-0.3, -0.25) is 9.69 Å². The Morgan fingerprint density at radius 2 is 1.90 bits per heavy atom. The number of nitrogens with zero attached hydrogens (tertiary/aromatic N) is 2. The molecule has 3 aliphatic rings. The molecule has 20 heavy (non-hydrogen) atoms. The van der Waals surface area contributed by atoms with E-state index in [1.54, 1.807) is 0 Å². The topological polar surface area (TPSA) is 49.6 Å². The molecule has 1 amide bonds. The quantitative estimate of drug-likeness (QED) is 0.793. The third-order valence-electron chi connectivity index (χ3n) is 5.43. The van der Waals surface area contributed by atoms with Crippen LogP contribution in [0.15, 0.2) is 0 Å². The van der Waals surface area contributed by atoms with Gasteiger partial charge in [-0.2, -0.15) is 0 Å². The number of rotatable bonds is 4. The SMILES string of the molecule is NC(=S)CN1CCN(C(=O)CC2CC3CCC2C3)CC1. The Hall–Kier alpha value is -0.680. The molecule has 2 bridgehead atoms. The van der Waals surface area contributed by atoms with Crippen LogP contribution in [0.2, 0.25) is 0 Å². The number of nitrogens with two attached hydrogens (primary N) is 1. The van der Waals surface area contributed by atoms with Crippen LogP contribution < -0.4 is 5.73 Å². The van der Waals surface area contributed by atoms with E-state index in [4.69, 9.17) is 18.0 Å². The zero-order valence-corrected chi connectivity index (χ0v) is 12.9. The van der Waals surface area contributed by atoms with Gasteiger partial charge in [0, 0.05) is 39.1 Å². The third-order valence-corrected chi connectivity index (χ3v) is 5.55. The Morgan fingerprint density at radius 1 is 1.15 bits per heavy atom. The second-order valence-electron chi connectivity index (χ2n) is 6.76. The average molecular weight is 295 g/mol. The Balaban J connectivity index is 1.44. The normalized spacial score (nSPS) is 33.6. The number of fused-ring (bicyclic) bond motifs is 2. The predicted octanol–water partition coefficient (Wildman–Crippen LogP) is 1.24. The standard InChI is InChI=1S/C15H25N3OS/c16-14(20)10-17-3-5-18(6-4-17)15(19)9-13-8-11-1-2-12(13)7-11/h11-13H,1-10H2,(H2,16,20). The van der Waals surface area contributed by atoms with Gasteiger partial charge in [0.1, 0.15) is 0 Å². The van der Waals surface area contributed by atoms with Gasteiger partial charge >= 0.3 is 0 Å². The van der Waals surface area contributed by atoms with Crippen LogP contribution in [0.4, 0.5) is 0 Å². The maximum atomic E-state index is 12.4. The van der Waals surface area contributed by atoms with Gasteiger partial charge in [0.15, 0.2) is 0 Å². The zero-order valence-electron chi connectivity index (χ0n) is 12.1. The van der Waals surface area contributed by atoms with Crippen LogP contribution in [0.3, 0.4) is 0 Å². The van der Waals surface area contributed by atoms with Crippen LogP contribution in [0.1, 0.15) is 32.1 Å². The average Bonchev–Trinajstić information content (AvgIpc) is 3.01. The van der Waals surface area contributed by atoms with E-state index in [9.17, 15) is 4.79 Å². The monoisotopic (exact) mass is 295 g/mol. The van der Waals surface area contributed by atoms with E-state index in [0.29, 0.717) is 23.4 Å². The summed E-state index contributed by atoms with van der Waals surface area (Å²) in [6, 6.07) is 0. The first-order valence-corrected chi connectivity index (χ1v) is 8.31. The van der Waals surface area contributed by atoms with Crippen molar-refractivity contribution in [2.24, 2.45) is 23.5 Å². The highest BCUT2D eigenvalue weighted by atomic mass is 32.1. The van der Waals surface area contributed by atoms with Crippen molar-refractivity contribution in [3.63, 3.8) is 0 Å². The summed E-state index contributed by atoms with van der Waals surface area (Å²) in [6.07, 6.45) is 6.26. The van der Waals surface area contributed by atoms with E-state index in [-0.39, 0.29) is 0 Å². The fourth-order valence-corrected chi connectivity index (χ4v) is 4.54. The van der Waals surface area contributed by atoms with Crippen LogP contribution in [-0.4, -0.2) is 53.4 Å². The Morgan fingerprint density at radius 3 is 2.45 bits per heavy atom. The van der Waals surface area contributed by atoms with E-state index in [2.05, 4.69) is 4.90 Å². The largest absolute Gasteiger partial charge is 0.392 e. The molecule has 2 N–H and O–H groups in total. The van der Waals surface area contributed by atoms with Gasteiger partial charge in [0.25, 0.3) is 0 Å². The van der Waals surface area contributed by atoms with Gasteiger partial charge in [0.2, 0.25) is 5.91 Å². The molecular formula is C15H25N3OS. The Kier molecular flexibility index (Phi) is 4.26. The molecule has 0 aromatic rings. The third kappa shape index (κ3) is 3.14. The number of hydrogen-bond donors (Lipinski definition) is 1. The molecule has 3 atom stereocenters. The Bertz CT molecular complexity index is 393. The minimum Gasteiger partial charge on any atom is -0.392 e. The van der Waals surface area contributed by atoms with E-state index in [0.717, 1.165) is 44.4 Å². The number of piperazine rings is 1. The van der Waals surface area contributed by atoms with Crippen molar-refractivity contribution in [3.8, 4) is 0 Å². The van der Waals surface area contributed by atoms with Crippen LogP contribution in [0.25, 0.3) is 0 Å². The van der Waals surface area contributed by atoms with Gasteiger partial charge in [-0.15, -0.1) is 0 Å². The van der Waals surface area contributed by atoms with E-state index >= 15 is 0 Å². The van der Waals surface area contributed by atoms with Crippen molar-refractivity contribution < 1.29 is 4.79 Å². The zero-order chi connectivity index (χ0) is 14.1. The number of carbonyl (C=O) groups excluding carboxylic acids is 1. The van der Waals surface area contributed by atoms with Crippen molar-refractivity contribution in [2.75, 3.05) is 32.7 Å². The lowest BCUT2D eigenvalue weighted by molar-refractivity contribution is -0.134. The molecule has 1 saturated heterocycles. The molecule has 112 valence electrons. The summed E-state index contributed by atoms with van der Waals surface area (Å²) in [5, 5.41) is 0. The van der Waals surface area contributed by atoms with Crippen LogP contribution >= 0.6 is 12.2 Å².